The number of ether oxygens (including phenoxy) is 4. The molecule has 152 valence electrons. The van der Waals surface area contributed by atoms with Crippen LogP contribution in [0.5, 0.6) is 17.2 Å². The molecule has 1 saturated heterocycles. The van der Waals surface area contributed by atoms with Gasteiger partial charge in [-0.3, -0.25) is 9.48 Å². The second kappa shape index (κ2) is 8.50. The molecule has 1 fully saturated rings. The van der Waals surface area contributed by atoms with Gasteiger partial charge in [-0.25, -0.2) is 0 Å². The zero-order chi connectivity index (χ0) is 20.2. The van der Waals surface area contributed by atoms with Gasteiger partial charge >= 0.3 is 0 Å². The molecule has 2 aromatic carbocycles. The van der Waals surface area contributed by atoms with Crippen LogP contribution in [-0.2, 0) is 16.5 Å². The number of hydrogen-bond donors (Lipinski definition) is 1. The van der Waals surface area contributed by atoms with Crippen molar-refractivity contribution in [1.82, 2.24) is 9.78 Å². The zero-order valence-corrected chi connectivity index (χ0v) is 16.2. The lowest BCUT2D eigenvalue weighted by Crippen LogP contribution is -2.16. The molecule has 29 heavy (non-hydrogen) atoms. The molecule has 1 aliphatic rings. The van der Waals surface area contributed by atoms with Crippen molar-refractivity contribution in [3.63, 3.8) is 0 Å². The number of fused-ring (bicyclic) bond motifs is 1. The smallest absolute Gasteiger partial charge is 0.248 e. The van der Waals surface area contributed by atoms with Crippen molar-refractivity contribution < 1.29 is 23.7 Å². The largest absolute Gasteiger partial charge is 0.491 e. The maximum atomic E-state index is 11.6. The number of carbonyl (C=O) groups excluding carboxylic acids is 1. The Morgan fingerprint density at radius 3 is 2.76 bits per heavy atom. The molecule has 4 rings (SSSR count). The maximum absolute atomic E-state index is 11.6. The van der Waals surface area contributed by atoms with Crippen LogP contribution in [0.1, 0.15) is 16.8 Å². The van der Waals surface area contributed by atoms with Crippen LogP contribution in [0, 0.1) is 0 Å². The summed E-state index contributed by atoms with van der Waals surface area (Å²) < 4.78 is 24.4. The van der Waals surface area contributed by atoms with Crippen LogP contribution in [0.25, 0.3) is 10.9 Å². The van der Waals surface area contributed by atoms with Crippen LogP contribution < -0.4 is 15.2 Å². The minimum atomic E-state index is -0.518. The molecule has 0 spiro atoms. The number of aryl methyl sites for hydroxylation is 1. The molecule has 3 aromatic rings. The predicted molar refractivity (Wildman–Crippen MR) is 106 cm³/mol. The predicted octanol–water partition coefficient (Wildman–Crippen LogP) is 2.65. The lowest BCUT2D eigenvalue weighted by atomic mass is 10.1. The van der Waals surface area contributed by atoms with Gasteiger partial charge in [-0.2, -0.15) is 5.10 Å². The van der Waals surface area contributed by atoms with E-state index >= 15 is 0 Å². The first-order valence-corrected chi connectivity index (χ1v) is 9.46. The summed E-state index contributed by atoms with van der Waals surface area (Å²) in [6.45, 7) is 2.41. The van der Waals surface area contributed by atoms with Crippen molar-refractivity contribution >= 4 is 16.8 Å². The highest BCUT2D eigenvalue weighted by molar-refractivity contribution is 5.99. The summed E-state index contributed by atoms with van der Waals surface area (Å²) in [4.78, 5) is 11.6. The van der Waals surface area contributed by atoms with E-state index in [4.69, 9.17) is 24.7 Å². The standard InChI is InChI=1S/C21H23N3O5/c1-24-20-15(12-23-24)10-14(21(22)25)11-19(20)29-17-4-2-16(3-5-17)27-8-9-28-18-6-7-26-13-18/h2-5,10-12,18H,6-9,13H2,1H3,(H2,22,25)/t18-/m0/s1. The maximum Gasteiger partial charge on any atom is 0.248 e. The Balaban J connectivity index is 1.40. The van der Waals surface area contributed by atoms with Crippen LogP contribution in [0.4, 0.5) is 0 Å². The Morgan fingerprint density at radius 2 is 2.03 bits per heavy atom. The van der Waals surface area contributed by atoms with E-state index in [2.05, 4.69) is 5.10 Å². The quantitative estimate of drug-likeness (QED) is 0.587. The number of aromatic nitrogens is 2. The van der Waals surface area contributed by atoms with Gasteiger partial charge in [0.15, 0.2) is 5.75 Å². The summed E-state index contributed by atoms with van der Waals surface area (Å²) in [5, 5.41) is 5.01. The molecular formula is C21H23N3O5. The third-order valence-corrected chi connectivity index (χ3v) is 4.73. The number of benzene rings is 2. The number of hydrogen-bond acceptors (Lipinski definition) is 6. The minimum absolute atomic E-state index is 0.175. The Hall–Kier alpha value is -3.10. The van der Waals surface area contributed by atoms with Crippen molar-refractivity contribution in [1.29, 1.82) is 0 Å². The summed E-state index contributed by atoms with van der Waals surface area (Å²) in [6, 6.07) is 10.6. The molecule has 8 heteroatoms. The molecule has 1 aromatic heterocycles. The van der Waals surface area contributed by atoms with Crippen molar-refractivity contribution in [3.05, 3.63) is 48.2 Å². The molecule has 0 unspecified atom stereocenters. The Labute approximate surface area is 168 Å². The van der Waals surface area contributed by atoms with Crippen molar-refractivity contribution in [3.8, 4) is 17.2 Å². The van der Waals surface area contributed by atoms with E-state index in [9.17, 15) is 4.79 Å². The number of carbonyl (C=O) groups is 1. The van der Waals surface area contributed by atoms with Gasteiger partial charge in [0.25, 0.3) is 0 Å². The van der Waals surface area contributed by atoms with E-state index < -0.39 is 5.91 Å². The van der Waals surface area contributed by atoms with Crippen LogP contribution in [-0.4, -0.2) is 48.2 Å². The number of nitrogens with zero attached hydrogens (tertiary/aromatic N) is 2. The van der Waals surface area contributed by atoms with Crippen LogP contribution in [0.3, 0.4) is 0 Å². The molecule has 1 amide bonds. The highest BCUT2D eigenvalue weighted by atomic mass is 16.6. The fourth-order valence-electron chi connectivity index (χ4n) is 3.25. The summed E-state index contributed by atoms with van der Waals surface area (Å²) in [5.41, 5.74) is 6.59. The van der Waals surface area contributed by atoms with Gasteiger partial charge in [-0.1, -0.05) is 0 Å². The van der Waals surface area contributed by atoms with Crippen molar-refractivity contribution in [2.75, 3.05) is 26.4 Å². The molecule has 0 aliphatic carbocycles. The second-order valence-electron chi connectivity index (χ2n) is 6.82. The highest BCUT2D eigenvalue weighted by Crippen LogP contribution is 2.32. The summed E-state index contributed by atoms with van der Waals surface area (Å²) >= 11 is 0. The van der Waals surface area contributed by atoms with Gasteiger partial charge in [-0.15, -0.1) is 0 Å². The van der Waals surface area contributed by atoms with Gasteiger partial charge in [0, 0.05) is 24.6 Å². The van der Waals surface area contributed by atoms with E-state index in [1.54, 1.807) is 35.1 Å². The normalized spacial score (nSPS) is 16.2. The van der Waals surface area contributed by atoms with Crippen LogP contribution in [0.15, 0.2) is 42.6 Å². The average Bonchev–Trinajstić information content (AvgIpc) is 3.36. The van der Waals surface area contributed by atoms with Gasteiger partial charge < -0.3 is 24.7 Å². The van der Waals surface area contributed by atoms with E-state index in [1.165, 1.54) is 0 Å². The average molecular weight is 397 g/mol. The molecule has 0 bridgehead atoms. The lowest BCUT2D eigenvalue weighted by molar-refractivity contribution is 0.0265. The molecule has 1 aliphatic heterocycles. The number of rotatable bonds is 8. The number of amides is 1. The molecule has 2 N–H and O–H groups in total. The number of primary amides is 1. The van der Waals surface area contributed by atoms with Crippen molar-refractivity contribution in [2.45, 2.75) is 12.5 Å². The summed E-state index contributed by atoms with van der Waals surface area (Å²) in [5.74, 6) is 1.33. The molecule has 2 heterocycles. The van der Waals surface area contributed by atoms with Gasteiger partial charge in [0.05, 0.1) is 25.5 Å². The molecule has 0 radical (unpaired) electrons. The Morgan fingerprint density at radius 1 is 1.24 bits per heavy atom. The first-order chi connectivity index (χ1) is 14.1. The van der Waals surface area contributed by atoms with Crippen LogP contribution >= 0.6 is 0 Å². The van der Waals surface area contributed by atoms with E-state index in [0.717, 1.165) is 29.7 Å². The third-order valence-electron chi connectivity index (χ3n) is 4.73. The monoisotopic (exact) mass is 397 g/mol. The van der Waals surface area contributed by atoms with Crippen LogP contribution in [0.2, 0.25) is 0 Å². The van der Waals surface area contributed by atoms with Crippen molar-refractivity contribution in [2.24, 2.45) is 12.8 Å². The molecule has 0 saturated carbocycles. The molecule has 1 atom stereocenters. The van der Waals surface area contributed by atoms with E-state index in [1.807, 2.05) is 19.2 Å². The first-order valence-electron chi connectivity index (χ1n) is 9.46. The van der Waals surface area contributed by atoms with Gasteiger partial charge in [-0.05, 0) is 42.8 Å². The minimum Gasteiger partial charge on any atom is -0.491 e. The van der Waals surface area contributed by atoms with E-state index in [0.29, 0.717) is 36.9 Å². The molecule has 8 nitrogen and oxygen atoms in total. The SMILES string of the molecule is Cn1ncc2cc(C(N)=O)cc(Oc3ccc(OCCO[C@H]4CCOC4)cc3)c21. The lowest BCUT2D eigenvalue weighted by Gasteiger charge is -2.12. The zero-order valence-electron chi connectivity index (χ0n) is 16.2. The fourth-order valence-corrected chi connectivity index (χ4v) is 3.25. The fraction of sp³-hybridized carbons (Fsp3) is 0.333. The highest BCUT2D eigenvalue weighted by Gasteiger charge is 2.16. The van der Waals surface area contributed by atoms with Gasteiger partial charge in [0.2, 0.25) is 5.91 Å². The Bertz CT molecular complexity index is 993. The second-order valence-corrected chi connectivity index (χ2v) is 6.82. The molecular weight excluding hydrogens is 374 g/mol. The van der Waals surface area contributed by atoms with E-state index in [-0.39, 0.29) is 6.10 Å². The topological polar surface area (TPSA) is 97.8 Å². The summed E-state index contributed by atoms with van der Waals surface area (Å²) in [7, 11) is 1.82. The van der Waals surface area contributed by atoms with Gasteiger partial charge in [0.1, 0.15) is 23.6 Å². The summed E-state index contributed by atoms with van der Waals surface area (Å²) in [6.07, 6.45) is 2.78. The number of nitrogens with two attached hydrogens (primary N) is 1. The first kappa shape index (κ1) is 19.2. The third kappa shape index (κ3) is 4.49. The Kier molecular flexibility index (Phi) is 5.64.